The summed E-state index contributed by atoms with van der Waals surface area (Å²) >= 11 is 0. The summed E-state index contributed by atoms with van der Waals surface area (Å²) in [5, 5.41) is 6.03. The van der Waals surface area contributed by atoms with E-state index in [4.69, 9.17) is 9.47 Å². The molecule has 2 fully saturated rings. The first-order chi connectivity index (χ1) is 12.3. The van der Waals surface area contributed by atoms with Crippen molar-refractivity contribution in [1.29, 1.82) is 0 Å². The minimum atomic E-state index is 0.498. The summed E-state index contributed by atoms with van der Waals surface area (Å²) in [5.41, 5.74) is 1.45. The largest absolute Gasteiger partial charge is 0.497 e. The Morgan fingerprint density at radius 3 is 2.52 bits per heavy atom. The third-order valence-corrected chi connectivity index (χ3v) is 5.67. The average Bonchev–Trinajstić information content (AvgIpc) is 2.69. The van der Waals surface area contributed by atoms with Gasteiger partial charge in [0.25, 0.3) is 0 Å². The predicted molar refractivity (Wildman–Crippen MR) is 101 cm³/mol. The smallest absolute Gasteiger partial charge is 0.119 e. The van der Waals surface area contributed by atoms with Gasteiger partial charge in [-0.1, -0.05) is 18.2 Å². The van der Waals surface area contributed by atoms with Crippen LogP contribution in [0.15, 0.2) is 36.4 Å². The molecule has 0 unspecified atom stereocenters. The summed E-state index contributed by atoms with van der Waals surface area (Å²) in [4.78, 5) is 2.68. The fourth-order valence-corrected chi connectivity index (χ4v) is 4.33. The lowest BCUT2D eigenvalue weighted by atomic mass is 9.85. The molecule has 4 rings (SSSR count). The number of benzene rings is 2. The number of piperazine rings is 1. The molecule has 2 heterocycles. The maximum atomic E-state index is 5.62. The number of fused-ring (bicyclic) bond motifs is 1. The molecule has 4 heteroatoms. The molecule has 0 amide bonds. The molecule has 1 atom stereocenters. The Morgan fingerprint density at radius 1 is 1.04 bits per heavy atom. The quantitative estimate of drug-likeness (QED) is 0.927. The van der Waals surface area contributed by atoms with E-state index in [-0.39, 0.29) is 0 Å². The zero-order valence-corrected chi connectivity index (χ0v) is 15.0. The van der Waals surface area contributed by atoms with Crippen molar-refractivity contribution >= 4 is 10.8 Å². The van der Waals surface area contributed by atoms with Crippen LogP contribution in [0.1, 0.15) is 24.4 Å². The third-order valence-electron chi connectivity index (χ3n) is 5.67. The van der Waals surface area contributed by atoms with E-state index < -0.39 is 0 Å². The van der Waals surface area contributed by atoms with Crippen molar-refractivity contribution in [2.75, 3.05) is 46.5 Å². The zero-order valence-electron chi connectivity index (χ0n) is 15.0. The molecule has 0 bridgehead atoms. The molecule has 2 aliphatic rings. The second-order valence-corrected chi connectivity index (χ2v) is 7.15. The summed E-state index contributed by atoms with van der Waals surface area (Å²) in [6, 6.07) is 13.8. The molecule has 0 aliphatic carbocycles. The molecule has 0 radical (unpaired) electrons. The van der Waals surface area contributed by atoms with Crippen molar-refractivity contribution in [3.63, 3.8) is 0 Å². The van der Waals surface area contributed by atoms with Gasteiger partial charge < -0.3 is 14.8 Å². The summed E-state index contributed by atoms with van der Waals surface area (Å²) < 4.78 is 11.0. The molecule has 0 spiro atoms. The molecule has 2 saturated heterocycles. The van der Waals surface area contributed by atoms with Gasteiger partial charge >= 0.3 is 0 Å². The van der Waals surface area contributed by atoms with Crippen LogP contribution in [0.2, 0.25) is 0 Å². The normalized spacial score (nSPS) is 21.3. The standard InChI is InChI=1S/C21H28N2O2/c1-24-20-5-4-17-14-19(3-2-18(17)15-20)21(16-6-12-25-13-7-16)23-10-8-22-9-11-23/h2-5,14-16,21-22H,6-13H2,1H3/t21-/m1/s1. The number of ether oxygens (including phenoxy) is 2. The van der Waals surface area contributed by atoms with Crippen LogP contribution in [-0.2, 0) is 4.74 Å². The van der Waals surface area contributed by atoms with Gasteiger partial charge in [-0.3, -0.25) is 4.90 Å². The van der Waals surface area contributed by atoms with Crippen molar-refractivity contribution in [2.24, 2.45) is 5.92 Å². The van der Waals surface area contributed by atoms with Crippen LogP contribution in [0.5, 0.6) is 5.75 Å². The third kappa shape index (κ3) is 3.66. The van der Waals surface area contributed by atoms with E-state index in [1.807, 2.05) is 0 Å². The van der Waals surface area contributed by atoms with Crippen molar-refractivity contribution < 1.29 is 9.47 Å². The summed E-state index contributed by atoms with van der Waals surface area (Å²) in [5.74, 6) is 1.60. The monoisotopic (exact) mass is 340 g/mol. The van der Waals surface area contributed by atoms with Crippen molar-refractivity contribution in [3.05, 3.63) is 42.0 Å². The first-order valence-electron chi connectivity index (χ1n) is 9.45. The average molecular weight is 340 g/mol. The number of hydrogen-bond donors (Lipinski definition) is 1. The molecular weight excluding hydrogens is 312 g/mol. The van der Waals surface area contributed by atoms with Crippen LogP contribution in [0, 0.1) is 5.92 Å². The molecule has 134 valence electrons. The topological polar surface area (TPSA) is 33.7 Å². The van der Waals surface area contributed by atoms with Gasteiger partial charge in [0, 0.05) is 45.4 Å². The van der Waals surface area contributed by atoms with Crippen LogP contribution >= 0.6 is 0 Å². The van der Waals surface area contributed by atoms with Crippen molar-refractivity contribution in [3.8, 4) is 5.75 Å². The molecule has 4 nitrogen and oxygen atoms in total. The van der Waals surface area contributed by atoms with Crippen LogP contribution in [-0.4, -0.2) is 51.4 Å². The molecule has 2 aliphatic heterocycles. The summed E-state index contributed by atoms with van der Waals surface area (Å²) in [6.07, 6.45) is 2.32. The van der Waals surface area contributed by atoms with Crippen LogP contribution in [0.3, 0.4) is 0 Å². The molecule has 0 aromatic heterocycles. The zero-order chi connectivity index (χ0) is 17.1. The maximum Gasteiger partial charge on any atom is 0.119 e. The second-order valence-electron chi connectivity index (χ2n) is 7.15. The minimum absolute atomic E-state index is 0.498. The highest BCUT2D eigenvalue weighted by molar-refractivity contribution is 5.84. The second kappa shape index (κ2) is 7.73. The van der Waals surface area contributed by atoms with E-state index >= 15 is 0 Å². The van der Waals surface area contributed by atoms with Crippen LogP contribution in [0.25, 0.3) is 10.8 Å². The van der Waals surface area contributed by atoms with Gasteiger partial charge in [0.2, 0.25) is 0 Å². The fraction of sp³-hybridized carbons (Fsp3) is 0.524. The van der Waals surface area contributed by atoms with Crippen LogP contribution in [0.4, 0.5) is 0 Å². The highest BCUT2D eigenvalue weighted by Gasteiger charge is 2.31. The fourth-order valence-electron chi connectivity index (χ4n) is 4.33. The number of rotatable bonds is 4. The highest BCUT2D eigenvalue weighted by atomic mass is 16.5. The van der Waals surface area contributed by atoms with Gasteiger partial charge in [0.15, 0.2) is 0 Å². The molecule has 2 aromatic rings. The lowest BCUT2D eigenvalue weighted by molar-refractivity contribution is 0.0213. The SMILES string of the molecule is COc1ccc2cc([C@@H](C3CCOCC3)N3CCNCC3)ccc2c1. The highest BCUT2D eigenvalue weighted by Crippen LogP contribution is 2.36. The van der Waals surface area contributed by atoms with Gasteiger partial charge in [0.1, 0.15) is 5.75 Å². The van der Waals surface area contributed by atoms with E-state index in [2.05, 4.69) is 46.6 Å². The maximum absolute atomic E-state index is 5.62. The van der Waals surface area contributed by atoms with E-state index in [9.17, 15) is 0 Å². The Morgan fingerprint density at radius 2 is 1.76 bits per heavy atom. The number of methoxy groups -OCH3 is 1. The van der Waals surface area contributed by atoms with Gasteiger partial charge in [-0.25, -0.2) is 0 Å². The first kappa shape index (κ1) is 16.8. The van der Waals surface area contributed by atoms with Gasteiger partial charge in [-0.2, -0.15) is 0 Å². The van der Waals surface area contributed by atoms with E-state index in [1.54, 1.807) is 7.11 Å². The lowest BCUT2D eigenvalue weighted by Gasteiger charge is -2.41. The summed E-state index contributed by atoms with van der Waals surface area (Å²) in [6.45, 7) is 6.23. The molecule has 25 heavy (non-hydrogen) atoms. The number of nitrogens with zero attached hydrogens (tertiary/aromatic N) is 1. The molecule has 1 N–H and O–H groups in total. The molecule has 2 aromatic carbocycles. The molecular formula is C21H28N2O2. The number of hydrogen-bond acceptors (Lipinski definition) is 4. The Hall–Kier alpha value is -1.62. The van der Waals surface area contributed by atoms with E-state index in [1.165, 1.54) is 16.3 Å². The van der Waals surface area contributed by atoms with Gasteiger partial charge in [-0.05, 0) is 53.3 Å². The Balaban J connectivity index is 1.68. The van der Waals surface area contributed by atoms with Crippen molar-refractivity contribution in [2.45, 2.75) is 18.9 Å². The van der Waals surface area contributed by atoms with Crippen LogP contribution < -0.4 is 10.1 Å². The van der Waals surface area contributed by atoms with Crippen molar-refractivity contribution in [1.82, 2.24) is 10.2 Å². The lowest BCUT2D eigenvalue weighted by Crippen LogP contribution is -2.47. The van der Waals surface area contributed by atoms with Gasteiger partial charge in [0.05, 0.1) is 7.11 Å². The Labute approximate surface area is 150 Å². The van der Waals surface area contributed by atoms with E-state index in [0.717, 1.165) is 58.0 Å². The number of nitrogens with one attached hydrogen (secondary N) is 1. The summed E-state index contributed by atoms with van der Waals surface area (Å²) in [7, 11) is 1.72. The Kier molecular flexibility index (Phi) is 5.20. The first-order valence-corrected chi connectivity index (χ1v) is 9.45. The predicted octanol–water partition coefficient (Wildman–Crippen LogP) is 3.22. The van der Waals surface area contributed by atoms with E-state index in [0.29, 0.717) is 12.0 Å². The minimum Gasteiger partial charge on any atom is -0.497 e. The Bertz CT molecular complexity index is 688. The molecule has 0 saturated carbocycles. The van der Waals surface area contributed by atoms with Gasteiger partial charge in [-0.15, -0.1) is 0 Å².